The van der Waals surface area contributed by atoms with Crippen LogP contribution in [0.2, 0.25) is 0 Å². The number of likely N-dealkylation sites (tertiary alicyclic amines) is 1. The van der Waals surface area contributed by atoms with Crippen molar-refractivity contribution in [3.63, 3.8) is 0 Å². The van der Waals surface area contributed by atoms with Crippen LogP contribution in [0.15, 0.2) is 73.1 Å². The quantitative estimate of drug-likeness (QED) is 0.368. The summed E-state index contributed by atoms with van der Waals surface area (Å²) < 4.78 is 6.09. The van der Waals surface area contributed by atoms with Gasteiger partial charge in [0.15, 0.2) is 0 Å². The van der Waals surface area contributed by atoms with Crippen molar-refractivity contribution in [2.24, 2.45) is 0 Å². The SMILES string of the molecule is CCCC(NC(=O)c1cccc(Nc2ccncc2)c1)C(=O)Nc1ccc(OC2CCN(C)CC2)cc1. The first kappa shape index (κ1) is 26.2. The molecule has 2 aromatic carbocycles. The number of carbonyl (C=O) groups excluding carboxylic acids is 2. The van der Waals surface area contributed by atoms with E-state index in [1.54, 1.807) is 24.5 Å². The third-order valence-electron chi connectivity index (χ3n) is 6.38. The molecule has 2 heterocycles. The molecular formula is C29H35N5O3. The molecule has 0 aliphatic carbocycles. The molecule has 1 fully saturated rings. The van der Waals surface area contributed by atoms with Gasteiger partial charge in [-0.2, -0.15) is 0 Å². The van der Waals surface area contributed by atoms with E-state index in [1.807, 2.05) is 55.5 Å². The van der Waals surface area contributed by atoms with Crippen LogP contribution in [0.5, 0.6) is 5.75 Å². The maximum atomic E-state index is 13.0. The zero-order chi connectivity index (χ0) is 26.0. The third-order valence-corrected chi connectivity index (χ3v) is 6.38. The Morgan fingerprint density at radius 3 is 2.43 bits per heavy atom. The largest absolute Gasteiger partial charge is 0.490 e. The van der Waals surface area contributed by atoms with E-state index in [4.69, 9.17) is 4.74 Å². The number of rotatable bonds is 10. The molecular weight excluding hydrogens is 466 g/mol. The van der Waals surface area contributed by atoms with Crippen molar-refractivity contribution in [2.75, 3.05) is 30.8 Å². The topological polar surface area (TPSA) is 95.6 Å². The standard InChI is InChI=1S/C29H35N5O3/c1-3-5-27(33-28(35)21-6-4-7-24(20-21)31-23-12-16-30-17-13-23)29(36)32-22-8-10-25(11-9-22)37-26-14-18-34(2)19-15-26/h4,6-13,16-17,20,26-27H,3,5,14-15,18-19H2,1-2H3,(H,30,31)(H,32,36)(H,33,35). The Labute approximate surface area is 218 Å². The summed E-state index contributed by atoms with van der Waals surface area (Å²) in [6.07, 6.45) is 6.92. The Hall–Kier alpha value is -3.91. The van der Waals surface area contributed by atoms with Crippen molar-refractivity contribution in [1.29, 1.82) is 0 Å². The Kier molecular flexibility index (Phi) is 9.10. The molecule has 3 aromatic rings. The molecule has 1 saturated heterocycles. The lowest BCUT2D eigenvalue weighted by molar-refractivity contribution is -0.118. The van der Waals surface area contributed by atoms with Gasteiger partial charge in [-0.05, 0) is 80.9 Å². The minimum atomic E-state index is -0.649. The highest BCUT2D eigenvalue weighted by molar-refractivity contribution is 6.01. The Morgan fingerprint density at radius 2 is 1.73 bits per heavy atom. The number of carbonyl (C=O) groups is 2. The molecule has 1 aliphatic heterocycles. The van der Waals surface area contributed by atoms with Crippen LogP contribution < -0.4 is 20.7 Å². The van der Waals surface area contributed by atoms with Crippen molar-refractivity contribution >= 4 is 28.9 Å². The van der Waals surface area contributed by atoms with E-state index in [-0.39, 0.29) is 17.9 Å². The van der Waals surface area contributed by atoms with Gasteiger partial charge in [-0.15, -0.1) is 0 Å². The van der Waals surface area contributed by atoms with Gasteiger partial charge in [-0.1, -0.05) is 19.4 Å². The van der Waals surface area contributed by atoms with Crippen LogP contribution in [-0.2, 0) is 4.79 Å². The van der Waals surface area contributed by atoms with E-state index >= 15 is 0 Å². The van der Waals surface area contributed by atoms with Crippen molar-refractivity contribution in [2.45, 2.75) is 44.8 Å². The Bertz CT molecular complexity index is 1160. The summed E-state index contributed by atoms with van der Waals surface area (Å²) in [5.41, 5.74) is 2.79. The second-order valence-electron chi connectivity index (χ2n) is 9.39. The van der Waals surface area contributed by atoms with Crippen LogP contribution in [0.25, 0.3) is 0 Å². The average molecular weight is 502 g/mol. The van der Waals surface area contributed by atoms with E-state index < -0.39 is 6.04 Å². The van der Waals surface area contributed by atoms with Crippen LogP contribution in [-0.4, -0.2) is 54.0 Å². The molecule has 0 radical (unpaired) electrons. The summed E-state index contributed by atoms with van der Waals surface area (Å²) in [7, 11) is 2.13. The predicted molar refractivity (Wildman–Crippen MR) is 146 cm³/mol. The molecule has 0 saturated carbocycles. The van der Waals surface area contributed by atoms with Gasteiger partial charge in [0.25, 0.3) is 5.91 Å². The fourth-order valence-electron chi connectivity index (χ4n) is 4.28. The van der Waals surface area contributed by atoms with Crippen LogP contribution in [0.1, 0.15) is 43.0 Å². The fraction of sp³-hybridized carbons (Fsp3) is 0.345. The average Bonchev–Trinajstić information content (AvgIpc) is 2.91. The summed E-state index contributed by atoms with van der Waals surface area (Å²) in [6.45, 7) is 4.06. The second-order valence-corrected chi connectivity index (χ2v) is 9.39. The molecule has 0 spiro atoms. The summed E-state index contributed by atoms with van der Waals surface area (Å²) in [5.74, 6) is 0.255. The summed E-state index contributed by atoms with van der Waals surface area (Å²) in [6, 6.07) is 17.7. The van der Waals surface area contributed by atoms with Crippen molar-refractivity contribution < 1.29 is 14.3 Å². The second kappa shape index (κ2) is 12.9. The van der Waals surface area contributed by atoms with E-state index in [0.29, 0.717) is 17.7 Å². The van der Waals surface area contributed by atoms with Gasteiger partial charge >= 0.3 is 0 Å². The summed E-state index contributed by atoms with van der Waals surface area (Å²) in [4.78, 5) is 32.3. The molecule has 8 heteroatoms. The number of pyridine rings is 1. The maximum absolute atomic E-state index is 13.0. The number of amides is 2. The number of nitrogens with zero attached hydrogens (tertiary/aromatic N) is 2. The molecule has 4 rings (SSSR count). The normalized spacial score (nSPS) is 15.0. The molecule has 194 valence electrons. The highest BCUT2D eigenvalue weighted by Gasteiger charge is 2.22. The molecule has 0 bridgehead atoms. The summed E-state index contributed by atoms with van der Waals surface area (Å²) in [5, 5.41) is 9.08. The van der Waals surface area contributed by atoms with Crippen LogP contribution >= 0.6 is 0 Å². The highest BCUT2D eigenvalue weighted by atomic mass is 16.5. The van der Waals surface area contributed by atoms with Crippen molar-refractivity contribution in [1.82, 2.24) is 15.2 Å². The van der Waals surface area contributed by atoms with E-state index in [9.17, 15) is 9.59 Å². The summed E-state index contributed by atoms with van der Waals surface area (Å²) >= 11 is 0. The number of aromatic nitrogens is 1. The number of benzene rings is 2. The van der Waals surface area contributed by atoms with Gasteiger partial charge in [-0.25, -0.2) is 0 Å². The Morgan fingerprint density at radius 1 is 1.00 bits per heavy atom. The number of hydrogen-bond donors (Lipinski definition) is 3. The lowest BCUT2D eigenvalue weighted by Crippen LogP contribution is -2.43. The number of nitrogens with one attached hydrogen (secondary N) is 3. The molecule has 37 heavy (non-hydrogen) atoms. The number of piperidine rings is 1. The molecule has 1 unspecified atom stereocenters. The predicted octanol–water partition coefficient (Wildman–Crippen LogP) is 4.84. The Balaban J connectivity index is 1.34. The van der Waals surface area contributed by atoms with Crippen molar-refractivity contribution in [3.8, 4) is 5.75 Å². The van der Waals surface area contributed by atoms with Gasteiger partial charge < -0.3 is 25.6 Å². The van der Waals surface area contributed by atoms with Crippen LogP contribution in [0.4, 0.5) is 17.1 Å². The molecule has 1 atom stereocenters. The maximum Gasteiger partial charge on any atom is 0.252 e. The van der Waals surface area contributed by atoms with E-state index in [0.717, 1.165) is 49.5 Å². The number of anilines is 3. The van der Waals surface area contributed by atoms with Gasteiger partial charge in [-0.3, -0.25) is 14.6 Å². The lowest BCUT2D eigenvalue weighted by Gasteiger charge is -2.29. The minimum Gasteiger partial charge on any atom is -0.490 e. The number of ether oxygens (including phenoxy) is 1. The first-order valence-electron chi connectivity index (χ1n) is 12.8. The van der Waals surface area contributed by atoms with Crippen molar-refractivity contribution in [3.05, 3.63) is 78.6 Å². The smallest absolute Gasteiger partial charge is 0.252 e. The fourth-order valence-corrected chi connectivity index (χ4v) is 4.28. The van der Waals surface area contributed by atoms with Gasteiger partial charge in [0.1, 0.15) is 17.9 Å². The number of hydrogen-bond acceptors (Lipinski definition) is 6. The lowest BCUT2D eigenvalue weighted by atomic mass is 10.1. The van der Waals surface area contributed by atoms with Crippen LogP contribution in [0.3, 0.4) is 0 Å². The first-order chi connectivity index (χ1) is 18.0. The zero-order valence-electron chi connectivity index (χ0n) is 21.4. The van der Waals surface area contributed by atoms with Gasteiger partial charge in [0.2, 0.25) is 5.91 Å². The molecule has 8 nitrogen and oxygen atoms in total. The van der Waals surface area contributed by atoms with Gasteiger partial charge in [0, 0.05) is 48.1 Å². The third kappa shape index (κ3) is 7.79. The molecule has 1 aliphatic rings. The monoisotopic (exact) mass is 501 g/mol. The van der Waals surface area contributed by atoms with E-state index in [2.05, 4.69) is 32.9 Å². The van der Waals surface area contributed by atoms with Crippen LogP contribution in [0, 0.1) is 0 Å². The van der Waals surface area contributed by atoms with E-state index in [1.165, 1.54) is 0 Å². The van der Waals surface area contributed by atoms with Gasteiger partial charge in [0.05, 0.1) is 0 Å². The molecule has 1 aromatic heterocycles. The molecule has 2 amide bonds. The molecule has 3 N–H and O–H groups in total. The highest BCUT2D eigenvalue weighted by Crippen LogP contribution is 2.21. The minimum absolute atomic E-state index is 0.221. The first-order valence-corrected chi connectivity index (χ1v) is 12.8. The zero-order valence-corrected chi connectivity index (χ0v) is 21.4.